The Labute approximate surface area is 526 Å². The van der Waals surface area contributed by atoms with Crippen LogP contribution in [0, 0.1) is 23.7 Å². The lowest BCUT2D eigenvalue weighted by Gasteiger charge is -2.47. The van der Waals surface area contributed by atoms with Gasteiger partial charge in [-0.25, -0.2) is 9.59 Å². The van der Waals surface area contributed by atoms with Crippen molar-refractivity contribution in [2.24, 2.45) is 0 Å². The van der Waals surface area contributed by atoms with Gasteiger partial charge in [-0.3, -0.25) is 19.7 Å². The summed E-state index contributed by atoms with van der Waals surface area (Å²) in [4.78, 5) is 62.0. The van der Waals surface area contributed by atoms with Gasteiger partial charge in [0.15, 0.2) is 60.2 Å². The molecule has 2 amide bonds. The van der Waals surface area contributed by atoms with Gasteiger partial charge in [0.2, 0.25) is 5.78 Å². The molecule has 26 nitrogen and oxygen atoms in total. The third kappa shape index (κ3) is 16.9. The van der Waals surface area contributed by atoms with E-state index in [-0.39, 0.29) is 88.4 Å². The molecule has 0 unspecified atom stereocenters. The number of fused-ring (bicyclic) bond motifs is 2. The highest BCUT2D eigenvalue weighted by Gasteiger charge is 2.57. The molecule has 30 heteroatoms. The Hall–Kier alpha value is -4.62. The molecule has 0 aromatic heterocycles. The number of aliphatic hydroxyl groups is 4. The van der Waals surface area contributed by atoms with Crippen molar-refractivity contribution in [2.75, 3.05) is 72.3 Å². The first-order valence-corrected chi connectivity index (χ1v) is 33.4. The Morgan fingerprint density at radius 1 is 0.852 bits per heavy atom. The molecule has 0 radical (unpaired) electrons. The largest absolute Gasteiger partial charge is 0.493 e. The van der Waals surface area contributed by atoms with Crippen LogP contribution in [0.4, 0.5) is 10.5 Å². The number of allylic oxidation sites excluding steroid dienone is 2. The topological polar surface area (TPSA) is 327 Å². The quantitative estimate of drug-likeness (QED) is 0.0133. The van der Waals surface area contributed by atoms with Gasteiger partial charge >= 0.3 is 12.1 Å². The van der Waals surface area contributed by atoms with Gasteiger partial charge in [0.05, 0.1) is 106 Å². The molecule has 1 aromatic carbocycles. The van der Waals surface area contributed by atoms with E-state index in [0.29, 0.717) is 6.54 Å². The normalized spacial score (nSPS) is 34.6. The van der Waals surface area contributed by atoms with Gasteiger partial charge in [-0.2, -0.15) is 17.2 Å². The lowest BCUT2D eigenvalue weighted by molar-refractivity contribution is -0.336. The molecule has 0 saturated carbocycles. The van der Waals surface area contributed by atoms with Crippen LogP contribution in [0.25, 0.3) is 0 Å². The second kappa shape index (κ2) is 33.1. The van der Waals surface area contributed by atoms with E-state index in [2.05, 4.69) is 51.7 Å². The molecule has 4 aliphatic heterocycles. The van der Waals surface area contributed by atoms with Crippen molar-refractivity contribution >= 4 is 72.6 Å². The number of carbonyl (C=O) groups excluding carboxylic acids is 4. The van der Waals surface area contributed by atoms with Crippen LogP contribution in [-0.4, -0.2) is 226 Å². The van der Waals surface area contributed by atoms with E-state index in [9.17, 15) is 34.8 Å². The van der Waals surface area contributed by atoms with Crippen LogP contribution in [0.3, 0.4) is 0 Å². The third-order valence-corrected chi connectivity index (χ3v) is 20.1. The van der Waals surface area contributed by atoms with Crippen molar-refractivity contribution in [1.82, 2.24) is 16.1 Å². The highest BCUT2D eigenvalue weighted by Crippen LogP contribution is 2.44. The fourth-order valence-electron chi connectivity index (χ4n) is 10.7. The number of amides is 2. The minimum atomic E-state index is -2.63. The van der Waals surface area contributed by atoms with Crippen molar-refractivity contribution in [3.05, 3.63) is 65.1 Å². The summed E-state index contributed by atoms with van der Waals surface area (Å²) < 4.78 is 77.6. The van der Waals surface area contributed by atoms with Crippen LogP contribution in [-0.2, 0) is 66.5 Å². The number of carbonyl (C=O) groups is 4. The van der Waals surface area contributed by atoms with E-state index in [4.69, 9.17) is 66.4 Å². The summed E-state index contributed by atoms with van der Waals surface area (Å²) in [6, 6.07) is 1.36. The standard InChI is InChI=1S/C58H78N4O22S4/c1-13-59-35-27-76-42(26-39(35)72-7)81-51-48(65)46(62-84-44-25-37(64)52(85-11)30(4)78-44)28(2)79-56(51)80-38-18-16-14-15-17-20-58(70)33(19-21-87-88-86-12)45(38)47(61-57(69)75-10)49(66)53(58)82-43-24-36(63)50(29(3)77-43)83-55(68)32-22-40(73-8)41(74-9)23-34(32)60-54(67)31(5)71-6/h14-15,19,22-23,28-30,35-39,42-44,46,48,50-53,56,59,62-65,70H,5,13,21,24-27H2,1-4,6-12H3,(H,60,67)(H,61,69)/b15-14-,33-19+/t28-,29+,30+,35-,36-,37-,38-,39+,42+,43-,44+,46+,48-,50-,51+,52-,53+,56+,58+/m0/s1. The van der Waals surface area contributed by atoms with E-state index >= 15 is 4.79 Å². The Morgan fingerprint density at radius 2 is 1.57 bits per heavy atom. The summed E-state index contributed by atoms with van der Waals surface area (Å²) in [5.74, 6) is 8.70. The van der Waals surface area contributed by atoms with E-state index in [0.717, 1.165) is 7.11 Å². The minimum absolute atomic E-state index is 0.0767. The smallest absolute Gasteiger partial charge is 0.411 e. The summed E-state index contributed by atoms with van der Waals surface area (Å²) >= 11 is 1.47. The number of anilines is 1. The maximum atomic E-state index is 15.5. The number of aliphatic hydroxyl groups excluding tert-OH is 3. The molecule has 8 N–H and O–H groups in total. The van der Waals surface area contributed by atoms with Crippen molar-refractivity contribution in [3.63, 3.8) is 0 Å². The van der Waals surface area contributed by atoms with Gasteiger partial charge in [-0.15, -0.1) is 0 Å². The van der Waals surface area contributed by atoms with Gasteiger partial charge < -0.3 is 92.6 Å². The number of hydrogen-bond donors (Lipinski definition) is 8. The van der Waals surface area contributed by atoms with Gasteiger partial charge in [0.25, 0.3) is 5.91 Å². The van der Waals surface area contributed by atoms with E-state index in [1.807, 2.05) is 26.4 Å². The van der Waals surface area contributed by atoms with Gasteiger partial charge in [-0.1, -0.05) is 64.8 Å². The lowest BCUT2D eigenvalue weighted by Crippen LogP contribution is -2.65. The average molecular weight is 1310 g/mol. The molecule has 4 saturated heterocycles. The van der Waals surface area contributed by atoms with Crippen molar-refractivity contribution < 1.29 is 106 Å². The zero-order valence-corrected chi connectivity index (χ0v) is 53.8. The Morgan fingerprint density at radius 3 is 2.23 bits per heavy atom. The zero-order valence-electron chi connectivity index (χ0n) is 50.5. The zero-order chi connectivity index (χ0) is 64.0. The minimum Gasteiger partial charge on any atom is -0.493 e. The number of methoxy groups -OCH3 is 5. The molecule has 88 heavy (non-hydrogen) atoms. The summed E-state index contributed by atoms with van der Waals surface area (Å²) in [5.41, 5.74) is -0.847. The molecule has 19 atom stereocenters. The van der Waals surface area contributed by atoms with Gasteiger partial charge in [0, 0.05) is 55.4 Å². The van der Waals surface area contributed by atoms with Gasteiger partial charge in [0.1, 0.15) is 18.3 Å². The number of ketones is 1. The van der Waals surface area contributed by atoms with Crippen LogP contribution >= 0.6 is 43.2 Å². The van der Waals surface area contributed by atoms with Crippen molar-refractivity contribution in [2.45, 2.75) is 162 Å². The number of benzene rings is 1. The maximum absolute atomic E-state index is 15.5. The van der Waals surface area contributed by atoms with E-state index in [1.54, 1.807) is 20.1 Å². The van der Waals surface area contributed by atoms with Crippen LogP contribution in [0.1, 0.15) is 57.3 Å². The highest BCUT2D eigenvalue weighted by molar-refractivity contribution is 9.09. The number of nitrogens with one attached hydrogen (secondary N) is 4. The number of alkyl carbamates (subject to hydrolysis) is 1. The molecule has 0 spiro atoms. The molecular formula is C58H78N4O22S4. The number of likely N-dealkylation sites (N-methyl/N-ethyl adjacent to an activating group) is 1. The number of hydrogen-bond acceptors (Lipinski definition) is 28. The number of Topliss-reactive ketones (excluding diaryl/α,β-unsaturated/α-hetero) is 1. The van der Waals surface area contributed by atoms with Crippen LogP contribution in [0.5, 0.6) is 11.5 Å². The molecular weight excluding hydrogens is 1230 g/mol. The average Bonchev–Trinajstić information content (AvgIpc) is 0.822. The monoisotopic (exact) mass is 1310 g/mol. The molecule has 2 aliphatic carbocycles. The van der Waals surface area contributed by atoms with E-state index < -0.39 is 128 Å². The molecule has 1 aromatic rings. The van der Waals surface area contributed by atoms with Crippen molar-refractivity contribution in [3.8, 4) is 35.2 Å². The number of esters is 1. The summed E-state index contributed by atoms with van der Waals surface area (Å²) in [7, 11) is 10.8. The Bertz CT molecular complexity index is 2840. The molecule has 4 heterocycles. The van der Waals surface area contributed by atoms with Crippen LogP contribution in [0.2, 0.25) is 0 Å². The lowest BCUT2D eigenvalue weighted by atomic mass is 9.73. The number of hydroxylamine groups is 1. The first-order chi connectivity index (χ1) is 42.2. The van der Waals surface area contributed by atoms with Crippen LogP contribution in [0.15, 0.2) is 59.5 Å². The summed E-state index contributed by atoms with van der Waals surface area (Å²) in [5, 5.41) is 56.8. The fraction of sp³-hybridized carbons (Fsp3) is 0.621. The number of ether oxygens (including phenoxy) is 13. The predicted molar refractivity (Wildman–Crippen MR) is 325 cm³/mol. The molecule has 486 valence electrons. The fourth-order valence-corrected chi connectivity index (χ4v) is 14.0. The molecule has 2 bridgehead atoms. The highest BCUT2D eigenvalue weighted by atomic mass is 33.5. The second-order valence-corrected chi connectivity index (χ2v) is 26.0. The number of thioether (sulfide) groups is 1. The maximum Gasteiger partial charge on any atom is 0.411 e. The molecule has 4 fully saturated rings. The summed E-state index contributed by atoms with van der Waals surface area (Å²) in [6.07, 6.45) is -11.5. The number of rotatable bonds is 25. The summed E-state index contributed by atoms with van der Waals surface area (Å²) in [6.45, 7) is 11.3. The Kier molecular flexibility index (Phi) is 26.6. The van der Waals surface area contributed by atoms with Gasteiger partial charge in [-0.05, 0) is 61.8 Å². The first kappa shape index (κ1) is 70.8. The third-order valence-electron chi connectivity index (χ3n) is 15.1. The predicted octanol–water partition coefficient (Wildman–Crippen LogP) is 3.03. The first-order valence-electron chi connectivity index (χ1n) is 28.1. The Balaban J connectivity index is 1.23. The second-order valence-electron chi connectivity index (χ2n) is 20.6. The molecule has 7 rings (SSSR count). The van der Waals surface area contributed by atoms with E-state index in [1.165, 1.54) is 95.7 Å². The van der Waals surface area contributed by atoms with Crippen molar-refractivity contribution in [1.29, 1.82) is 0 Å². The SMILES string of the molecule is C=C(OC)C(=O)Nc1cc(OC)c(OC)cc1C(=O)O[C@@H]1[C@@H](O)C[C@H](O[C@@H]2C(=O)C(NC(=O)OC)=C3/C(=C\CSSSC)[C@]2(O)C#C/C=C\C#C[C@@H]3O[C@H]2O[C@@H](C)[C@@H](NO[C@@H]3C[C@H](O)[C@@H](SC)[C@@H](C)O3)[C@H](O)[C@H]2O[C@@H]2C[C@@H](OC)[C@@H](NCC)CO2)O[C@@H]1C. The van der Waals surface area contributed by atoms with Crippen LogP contribution < -0.4 is 30.9 Å². The molecule has 6 aliphatic rings.